The van der Waals surface area contributed by atoms with Crippen molar-refractivity contribution in [2.45, 2.75) is 32.2 Å². The van der Waals surface area contributed by atoms with Crippen LogP contribution in [0.5, 0.6) is 0 Å². The van der Waals surface area contributed by atoms with Gasteiger partial charge in [0.1, 0.15) is 0 Å². The molecule has 2 amide bonds. The lowest BCUT2D eigenvalue weighted by Crippen LogP contribution is -2.34. The highest BCUT2D eigenvalue weighted by Gasteiger charge is 2.24. The topological polar surface area (TPSA) is 49.4 Å². The number of rotatable bonds is 5. The average molecular weight is 315 g/mol. The van der Waals surface area contributed by atoms with Crippen LogP contribution in [0.1, 0.15) is 26.2 Å². The number of hydrogen-bond acceptors (Lipinski definition) is 2. The van der Waals surface area contributed by atoms with Gasteiger partial charge in [-0.05, 0) is 31.0 Å². The number of halogens is 2. The van der Waals surface area contributed by atoms with Crippen molar-refractivity contribution in [1.82, 2.24) is 5.32 Å². The minimum absolute atomic E-state index is 0.0381. The Kier molecular flexibility index (Phi) is 4.89. The highest BCUT2D eigenvalue weighted by atomic mass is 35.5. The predicted molar refractivity (Wildman–Crippen MR) is 80.3 cm³/mol. The van der Waals surface area contributed by atoms with Gasteiger partial charge in [-0.15, -0.1) is 0 Å². The lowest BCUT2D eigenvalue weighted by Gasteiger charge is -2.22. The van der Waals surface area contributed by atoms with E-state index in [0.717, 1.165) is 12.8 Å². The van der Waals surface area contributed by atoms with E-state index < -0.39 is 0 Å². The molecule has 1 N–H and O–H groups in total. The number of hydrogen-bond donors (Lipinski definition) is 1. The normalized spacial score (nSPS) is 13.9. The molecule has 20 heavy (non-hydrogen) atoms. The van der Waals surface area contributed by atoms with E-state index in [4.69, 9.17) is 23.2 Å². The van der Waals surface area contributed by atoms with Gasteiger partial charge in [-0.1, -0.05) is 23.2 Å². The number of nitrogens with one attached hydrogen (secondary N) is 1. The molecule has 4 nitrogen and oxygen atoms in total. The Bertz CT molecular complexity index is 530. The van der Waals surface area contributed by atoms with Crippen LogP contribution in [0.25, 0.3) is 0 Å². The summed E-state index contributed by atoms with van der Waals surface area (Å²) in [5.74, 6) is -0.197. The van der Waals surface area contributed by atoms with Crippen LogP contribution in [0.15, 0.2) is 18.2 Å². The summed E-state index contributed by atoms with van der Waals surface area (Å²) in [4.78, 5) is 24.9. The van der Waals surface area contributed by atoms with E-state index in [-0.39, 0.29) is 18.2 Å². The van der Waals surface area contributed by atoms with Crippen molar-refractivity contribution in [3.8, 4) is 0 Å². The first kappa shape index (κ1) is 15.1. The maximum Gasteiger partial charge on any atom is 0.223 e. The Balaban J connectivity index is 2.02. The highest BCUT2D eigenvalue weighted by Crippen LogP contribution is 2.29. The number of nitrogens with zero attached hydrogens (tertiary/aromatic N) is 1. The first-order valence-corrected chi connectivity index (χ1v) is 7.25. The largest absolute Gasteiger partial charge is 0.353 e. The first-order valence-electron chi connectivity index (χ1n) is 6.50. The first-order chi connectivity index (χ1) is 9.47. The Hall–Kier alpha value is -1.26. The third-order valence-corrected chi connectivity index (χ3v) is 3.62. The Morgan fingerprint density at radius 1 is 1.35 bits per heavy atom. The number of benzene rings is 1. The standard InChI is InChI=1S/C14H16Cl2N2O2/c1-9(19)18(7-6-14(20)17-11-3-4-11)13-5-2-10(15)8-12(13)16/h2,5,8,11H,3-4,6-7H2,1H3,(H,17,20). The molecule has 2 rings (SSSR count). The summed E-state index contributed by atoms with van der Waals surface area (Å²) in [5, 5.41) is 3.80. The van der Waals surface area contributed by atoms with Crippen LogP contribution >= 0.6 is 23.2 Å². The molecule has 1 aromatic rings. The molecule has 0 radical (unpaired) electrons. The molecule has 108 valence electrons. The van der Waals surface area contributed by atoms with Crippen LogP contribution in [0.2, 0.25) is 10.0 Å². The minimum atomic E-state index is -0.159. The molecular formula is C14H16Cl2N2O2. The molecule has 1 fully saturated rings. The lowest BCUT2D eigenvalue weighted by molar-refractivity contribution is -0.121. The molecule has 6 heteroatoms. The number of amides is 2. The molecule has 1 aliphatic carbocycles. The fraction of sp³-hybridized carbons (Fsp3) is 0.429. The molecule has 0 aromatic heterocycles. The molecular weight excluding hydrogens is 299 g/mol. The SMILES string of the molecule is CC(=O)N(CCC(=O)NC1CC1)c1ccc(Cl)cc1Cl. The number of carbonyl (C=O) groups is 2. The molecule has 0 heterocycles. The quantitative estimate of drug-likeness (QED) is 0.908. The van der Waals surface area contributed by atoms with E-state index in [9.17, 15) is 9.59 Å². The van der Waals surface area contributed by atoms with Crippen LogP contribution in [-0.4, -0.2) is 24.4 Å². The van der Waals surface area contributed by atoms with Gasteiger partial charge in [0.15, 0.2) is 0 Å². The zero-order valence-electron chi connectivity index (χ0n) is 11.2. The van der Waals surface area contributed by atoms with Gasteiger partial charge in [0.2, 0.25) is 11.8 Å². The molecule has 0 bridgehead atoms. The third-order valence-electron chi connectivity index (χ3n) is 3.09. The molecule has 1 saturated carbocycles. The second kappa shape index (κ2) is 6.46. The van der Waals surface area contributed by atoms with Crippen molar-refractivity contribution in [2.75, 3.05) is 11.4 Å². The Morgan fingerprint density at radius 3 is 2.60 bits per heavy atom. The number of carbonyl (C=O) groups excluding carboxylic acids is 2. The van der Waals surface area contributed by atoms with Crippen LogP contribution in [0.4, 0.5) is 5.69 Å². The van der Waals surface area contributed by atoms with E-state index in [1.54, 1.807) is 18.2 Å². The van der Waals surface area contributed by atoms with Gasteiger partial charge in [0.25, 0.3) is 0 Å². The highest BCUT2D eigenvalue weighted by molar-refractivity contribution is 6.36. The molecule has 0 atom stereocenters. The van der Waals surface area contributed by atoms with Gasteiger partial charge in [-0.2, -0.15) is 0 Å². The van der Waals surface area contributed by atoms with Crippen LogP contribution in [0.3, 0.4) is 0 Å². The molecule has 0 saturated heterocycles. The van der Waals surface area contributed by atoms with Crippen LogP contribution in [0, 0.1) is 0 Å². The van der Waals surface area contributed by atoms with Crippen molar-refractivity contribution < 1.29 is 9.59 Å². The average Bonchev–Trinajstić information content (AvgIpc) is 3.15. The van der Waals surface area contributed by atoms with Crippen molar-refractivity contribution in [2.24, 2.45) is 0 Å². The predicted octanol–water partition coefficient (Wildman–Crippen LogP) is 3.02. The van der Waals surface area contributed by atoms with Crippen molar-refractivity contribution in [3.05, 3.63) is 28.2 Å². The molecule has 1 aliphatic rings. The fourth-order valence-corrected chi connectivity index (χ4v) is 2.40. The lowest BCUT2D eigenvalue weighted by atomic mass is 10.2. The maximum absolute atomic E-state index is 11.7. The van der Waals surface area contributed by atoms with Gasteiger partial charge < -0.3 is 10.2 Å². The summed E-state index contributed by atoms with van der Waals surface area (Å²) in [5.41, 5.74) is 0.572. The summed E-state index contributed by atoms with van der Waals surface area (Å²) in [6, 6.07) is 5.26. The van der Waals surface area contributed by atoms with Crippen molar-refractivity contribution in [1.29, 1.82) is 0 Å². The summed E-state index contributed by atoms with van der Waals surface area (Å²) in [7, 11) is 0. The summed E-state index contributed by atoms with van der Waals surface area (Å²) >= 11 is 11.9. The van der Waals surface area contributed by atoms with E-state index in [0.29, 0.717) is 28.3 Å². The van der Waals surface area contributed by atoms with Gasteiger partial charge in [0, 0.05) is 31.0 Å². The molecule has 0 unspecified atom stereocenters. The summed E-state index contributed by atoms with van der Waals surface area (Å²) in [6.45, 7) is 1.75. The van der Waals surface area contributed by atoms with Gasteiger partial charge in [0.05, 0.1) is 10.7 Å². The molecule has 0 aliphatic heterocycles. The zero-order chi connectivity index (χ0) is 14.7. The molecule has 0 spiro atoms. The maximum atomic E-state index is 11.7. The molecule has 1 aromatic carbocycles. The van der Waals surface area contributed by atoms with E-state index in [2.05, 4.69) is 5.32 Å². The number of anilines is 1. The summed E-state index contributed by atoms with van der Waals surface area (Å²) < 4.78 is 0. The van der Waals surface area contributed by atoms with Crippen molar-refractivity contribution in [3.63, 3.8) is 0 Å². The Labute approximate surface area is 128 Å². The second-order valence-electron chi connectivity index (χ2n) is 4.86. The van der Waals surface area contributed by atoms with Crippen LogP contribution < -0.4 is 10.2 Å². The smallest absolute Gasteiger partial charge is 0.223 e. The van der Waals surface area contributed by atoms with Gasteiger partial charge >= 0.3 is 0 Å². The minimum Gasteiger partial charge on any atom is -0.353 e. The van der Waals surface area contributed by atoms with Gasteiger partial charge in [-0.25, -0.2) is 0 Å². The monoisotopic (exact) mass is 314 g/mol. The zero-order valence-corrected chi connectivity index (χ0v) is 12.7. The van der Waals surface area contributed by atoms with E-state index in [1.807, 2.05) is 0 Å². The third kappa shape index (κ3) is 4.12. The summed E-state index contributed by atoms with van der Waals surface area (Å²) in [6.07, 6.45) is 2.35. The Morgan fingerprint density at radius 2 is 2.05 bits per heavy atom. The van der Waals surface area contributed by atoms with Crippen LogP contribution in [-0.2, 0) is 9.59 Å². The van der Waals surface area contributed by atoms with E-state index >= 15 is 0 Å². The van der Waals surface area contributed by atoms with E-state index in [1.165, 1.54) is 11.8 Å². The van der Waals surface area contributed by atoms with Gasteiger partial charge in [-0.3, -0.25) is 9.59 Å². The fourth-order valence-electron chi connectivity index (χ4n) is 1.89. The van der Waals surface area contributed by atoms with Crippen molar-refractivity contribution >= 4 is 40.7 Å². The second-order valence-corrected chi connectivity index (χ2v) is 5.70.